The average Bonchev–Trinajstić information content (AvgIpc) is 3.63. The monoisotopic (exact) mass is 672 g/mol. The predicted molar refractivity (Wildman–Crippen MR) is 167 cm³/mol. The predicted octanol–water partition coefficient (Wildman–Crippen LogP) is 4.20. The number of benzene rings is 3. The summed E-state index contributed by atoms with van der Waals surface area (Å²) in [5.41, 5.74) is 12.2. The summed E-state index contributed by atoms with van der Waals surface area (Å²) in [5.74, 6) is 0.640. The standard InChI is InChI=1S/C20H21.C16H17NSi.2ClH.Zr/c1-4-15(3)16-8-10-17(11-9-16)19-7-5-6-18-12-14(2)13-20(18)19;1-11-15-13-9-17(12-7-5-4-6-8-12)10-14(13)16(11)18(15,2)3;;;/h5-13,15H,4H2,1-3H3;4-10,15H,1-3H3;2*1H;/q-1;;;;+3/p-2. The number of rotatable bonds is 4. The number of hydrogen-bond donors (Lipinski definition) is 0. The fraction of sp³-hybridized carbons (Fsp3) is 0.250. The molecule has 0 saturated carbocycles. The van der Waals surface area contributed by atoms with Crippen molar-refractivity contribution in [3.63, 3.8) is 0 Å². The molecule has 1 nitrogen and oxygen atoms in total. The van der Waals surface area contributed by atoms with Gasteiger partial charge in [-0.05, 0) is 53.6 Å². The van der Waals surface area contributed by atoms with Gasteiger partial charge in [-0.1, -0.05) is 98.7 Å². The van der Waals surface area contributed by atoms with E-state index in [2.05, 4.69) is 143 Å². The van der Waals surface area contributed by atoms with Gasteiger partial charge < -0.3 is 29.4 Å². The summed E-state index contributed by atoms with van der Waals surface area (Å²) < 4.78 is 2.29. The number of allylic oxidation sites excluding steroid dienone is 1. The number of fused-ring (bicyclic) bond motifs is 1. The van der Waals surface area contributed by atoms with Crippen LogP contribution in [0.4, 0.5) is 0 Å². The van der Waals surface area contributed by atoms with Crippen molar-refractivity contribution in [2.24, 2.45) is 0 Å². The zero-order chi connectivity index (χ0) is 26.6. The van der Waals surface area contributed by atoms with Crippen LogP contribution in [0.1, 0.15) is 60.9 Å². The smallest absolute Gasteiger partial charge is 1.00 e. The molecule has 3 heterocycles. The molecule has 0 N–H and O–H groups in total. The molecule has 0 saturated heterocycles. The van der Waals surface area contributed by atoms with Gasteiger partial charge in [-0.15, -0.1) is 34.5 Å². The van der Waals surface area contributed by atoms with E-state index in [-0.39, 0.29) is 51.0 Å². The van der Waals surface area contributed by atoms with Crippen molar-refractivity contribution in [1.29, 1.82) is 0 Å². The first-order chi connectivity index (χ1) is 18.3. The van der Waals surface area contributed by atoms with E-state index in [1.165, 1.54) is 50.7 Å². The van der Waals surface area contributed by atoms with Gasteiger partial charge in [0, 0.05) is 23.6 Å². The number of aromatic nitrogens is 1. The van der Waals surface area contributed by atoms with Crippen molar-refractivity contribution in [1.82, 2.24) is 4.57 Å². The Balaban J connectivity index is 0.000000211. The van der Waals surface area contributed by atoms with Crippen LogP contribution in [-0.2, 0) is 26.2 Å². The molecule has 1 aromatic heterocycles. The fourth-order valence-electron chi connectivity index (χ4n) is 6.96. The minimum Gasteiger partial charge on any atom is -1.00 e. The Morgan fingerprint density at radius 1 is 0.854 bits per heavy atom. The summed E-state index contributed by atoms with van der Waals surface area (Å²) >= 11 is 0. The van der Waals surface area contributed by atoms with Crippen LogP contribution in [0.5, 0.6) is 0 Å². The SMILES string of the molecule is CC1=C2c3cn(-c4ccccc4)cc3C1[Si]2(C)C.CCC(C)c1ccc(-c2cccc3[cH-]c(C)cc23)cc1.[Cl-].[Cl-].[Zr+3]. The molecule has 0 amide bonds. The van der Waals surface area contributed by atoms with E-state index in [1.807, 2.05) is 0 Å². The van der Waals surface area contributed by atoms with E-state index in [4.69, 9.17) is 0 Å². The normalized spacial score (nSPS) is 16.3. The first-order valence-corrected chi connectivity index (χ1v) is 17.1. The molecule has 1 aliphatic carbocycles. The van der Waals surface area contributed by atoms with Gasteiger partial charge in [-0.2, -0.15) is 6.07 Å². The summed E-state index contributed by atoms with van der Waals surface area (Å²) in [6.45, 7) is 14.0. The topological polar surface area (TPSA) is 4.93 Å². The summed E-state index contributed by atoms with van der Waals surface area (Å²) in [6, 6.07) is 30.8. The van der Waals surface area contributed by atoms with Crippen molar-refractivity contribution in [2.75, 3.05) is 0 Å². The molecule has 1 radical (unpaired) electrons. The minimum atomic E-state index is -1.12. The molecule has 3 aliphatic rings. The van der Waals surface area contributed by atoms with Crippen LogP contribution in [0.15, 0.2) is 103 Å². The summed E-state index contributed by atoms with van der Waals surface area (Å²) in [5, 5.41) is 4.42. The quantitative estimate of drug-likeness (QED) is 0.199. The molecule has 4 aromatic carbocycles. The van der Waals surface area contributed by atoms with Crippen LogP contribution in [0, 0.1) is 6.92 Å². The van der Waals surface area contributed by atoms with Gasteiger partial charge in [-0.3, -0.25) is 0 Å². The second kappa shape index (κ2) is 13.1. The Morgan fingerprint density at radius 3 is 2.15 bits per heavy atom. The van der Waals surface area contributed by atoms with Gasteiger partial charge in [0.05, 0.1) is 8.07 Å². The van der Waals surface area contributed by atoms with Crippen LogP contribution < -0.4 is 24.8 Å². The van der Waals surface area contributed by atoms with Crippen LogP contribution in [0.2, 0.25) is 13.1 Å². The van der Waals surface area contributed by atoms with Gasteiger partial charge in [0.1, 0.15) is 0 Å². The average molecular weight is 675 g/mol. The van der Waals surface area contributed by atoms with E-state index in [0.29, 0.717) is 5.92 Å². The zero-order valence-electron chi connectivity index (χ0n) is 24.8. The van der Waals surface area contributed by atoms with Crippen molar-refractivity contribution < 1.29 is 51.0 Å². The maximum Gasteiger partial charge on any atom is 3.00 e. The Kier molecular flexibility index (Phi) is 10.7. The Hall–Kier alpha value is -2.03. The third kappa shape index (κ3) is 5.81. The number of nitrogens with zero attached hydrogens (tertiary/aromatic N) is 1. The summed E-state index contributed by atoms with van der Waals surface area (Å²) in [7, 11) is -1.12. The van der Waals surface area contributed by atoms with Crippen molar-refractivity contribution in [2.45, 2.75) is 58.7 Å². The Labute approximate surface area is 278 Å². The van der Waals surface area contributed by atoms with Crippen molar-refractivity contribution in [3.8, 4) is 16.8 Å². The number of para-hydroxylation sites is 1. The molecule has 2 unspecified atom stereocenters. The maximum atomic E-state index is 2.51. The van der Waals surface area contributed by atoms with Crippen LogP contribution in [0.25, 0.3) is 32.8 Å². The Bertz CT molecular complexity index is 1660. The maximum absolute atomic E-state index is 2.51. The molecular formula is C36H38Cl2NSiZr. The zero-order valence-corrected chi connectivity index (χ0v) is 29.8. The van der Waals surface area contributed by atoms with Crippen LogP contribution >= 0.6 is 0 Å². The molecule has 5 aromatic rings. The first-order valence-electron chi connectivity index (χ1n) is 14.0. The molecule has 2 aliphatic heterocycles. The van der Waals surface area contributed by atoms with E-state index >= 15 is 0 Å². The van der Waals surface area contributed by atoms with E-state index in [0.717, 1.165) is 5.54 Å². The molecular weight excluding hydrogens is 637 g/mol. The van der Waals surface area contributed by atoms with Gasteiger partial charge in [0.15, 0.2) is 0 Å². The van der Waals surface area contributed by atoms with Crippen LogP contribution in [-0.4, -0.2) is 12.6 Å². The van der Waals surface area contributed by atoms with Gasteiger partial charge in [0.2, 0.25) is 0 Å². The van der Waals surface area contributed by atoms with Crippen molar-refractivity contribution >= 4 is 24.0 Å². The van der Waals surface area contributed by atoms with Gasteiger partial charge in [-0.25, -0.2) is 0 Å². The molecule has 0 spiro atoms. The molecule has 2 bridgehead atoms. The number of halogens is 2. The first kappa shape index (κ1) is 33.5. The molecule has 2 atom stereocenters. The van der Waals surface area contributed by atoms with Crippen molar-refractivity contribution in [3.05, 3.63) is 125 Å². The minimum absolute atomic E-state index is 0. The van der Waals surface area contributed by atoms with E-state index < -0.39 is 8.07 Å². The molecule has 5 heteroatoms. The fourth-order valence-corrected chi connectivity index (χ4v) is 11.3. The molecule has 0 fully saturated rings. The number of aryl methyl sites for hydroxylation is 1. The summed E-state index contributed by atoms with van der Waals surface area (Å²) in [6.07, 6.45) is 5.88. The Morgan fingerprint density at radius 2 is 1.54 bits per heavy atom. The van der Waals surface area contributed by atoms with Crippen LogP contribution in [0.3, 0.4) is 0 Å². The molecule has 8 rings (SSSR count). The summed E-state index contributed by atoms with van der Waals surface area (Å²) in [4.78, 5) is 0. The van der Waals surface area contributed by atoms with E-state index in [9.17, 15) is 0 Å². The second-order valence-corrected chi connectivity index (χ2v) is 16.4. The van der Waals surface area contributed by atoms with Gasteiger partial charge in [0.25, 0.3) is 0 Å². The third-order valence-electron chi connectivity index (χ3n) is 8.98. The number of hydrogen-bond acceptors (Lipinski definition) is 0. The third-order valence-corrected chi connectivity index (χ3v) is 13.1. The molecule has 41 heavy (non-hydrogen) atoms. The molecule has 209 valence electrons. The van der Waals surface area contributed by atoms with Gasteiger partial charge >= 0.3 is 26.2 Å². The second-order valence-electron chi connectivity index (χ2n) is 11.9. The largest absolute Gasteiger partial charge is 3.00 e. The van der Waals surface area contributed by atoms with E-state index in [1.54, 1.807) is 16.3 Å².